The van der Waals surface area contributed by atoms with Crippen molar-refractivity contribution >= 4 is 0 Å². The zero-order chi connectivity index (χ0) is 22.9. The second-order valence-electron chi connectivity index (χ2n) is 8.00. The molecular weight excluding hydrogens is 412 g/mol. The van der Waals surface area contributed by atoms with Crippen molar-refractivity contribution in [3.8, 4) is 5.75 Å². The number of methoxy groups -OCH3 is 1. The Morgan fingerprint density at radius 2 is 1.42 bits per heavy atom. The fourth-order valence-electron chi connectivity index (χ4n) is 4.01. The third-order valence-electron chi connectivity index (χ3n) is 5.64. The minimum atomic E-state index is -0.914. The molecule has 0 radical (unpaired) electrons. The molecule has 3 aromatic carbocycles. The van der Waals surface area contributed by atoms with E-state index >= 15 is 0 Å². The average Bonchev–Trinajstić information content (AvgIpc) is 3.33. The van der Waals surface area contributed by atoms with Gasteiger partial charge in [0.05, 0.1) is 19.3 Å². The summed E-state index contributed by atoms with van der Waals surface area (Å²) in [5, 5.41) is 0. The first-order valence-corrected chi connectivity index (χ1v) is 11.2. The van der Waals surface area contributed by atoms with Crippen molar-refractivity contribution in [3.05, 3.63) is 120 Å². The zero-order valence-electron chi connectivity index (χ0n) is 19.2. The molecule has 0 saturated heterocycles. The monoisotopic (exact) mass is 442 g/mol. The summed E-state index contributed by atoms with van der Waals surface area (Å²) in [6.07, 6.45) is 2.72. The quantitative estimate of drug-likeness (QED) is 0.287. The molecule has 1 heterocycles. The molecule has 0 bridgehead atoms. The highest BCUT2D eigenvalue weighted by Gasteiger charge is 2.41. The zero-order valence-corrected chi connectivity index (χ0v) is 19.2. The number of para-hydroxylation sites is 1. The van der Waals surface area contributed by atoms with Gasteiger partial charge in [0.2, 0.25) is 5.89 Å². The van der Waals surface area contributed by atoms with Gasteiger partial charge < -0.3 is 13.9 Å². The van der Waals surface area contributed by atoms with Crippen molar-refractivity contribution < 1.29 is 13.9 Å². The minimum Gasteiger partial charge on any atom is -0.494 e. The second-order valence-corrected chi connectivity index (χ2v) is 8.00. The number of hydrogen-bond donors (Lipinski definition) is 0. The lowest BCUT2D eigenvalue weighted by Gasteiger charge is -2.30. The van der Waals surface area contributed by atoms with Gasteiger partial charge in [-0.15, -0.1) is 0 Å². The minimum absolute atomic E-state index is 0.526. The van der Waals surface area contributed by atoms with Gasteiger partial charge in [-0.05, 0) is 36.7 Å². The molecule has 0 aliphatic heterocycles. The van der Waals surface area contributed by atoms with Crippen LogP contribution in [0.3, 0.4) is 0 Å². The SMILES string of the molecule is COC(c1ccccc1)(c1ccccc1)c1ncc(CN(C)CCCOc2ccccc2)o1. The molecule has 1 aromatic heterocycles. The van der Waals surface area contributed by atoms with Gasteiger partial charge in [0, 0.05) is 13.7 Å². The molecule has 0 fully saturated rings. The first-order chi connectivity index (χ1) is 16.2. The van der Waals surface area contributed by atoms with Crippen molar-refractivity contribution in [1.29, 1.82) is 0 Å². The second kappa shape index (κ2) is 10.9. The summed E-state index contributed by atoms with van der Waals surface area (Å²) in [7, 11) is 3.77. The Bertz CT molecular complexity index is 1060. The third kappa shape index (κ3) is 5.33. The normalized spacial score (nSPS) is 11.6. The van der Waals surface area contributed by atoms with Crippen molar-refractivity contribution in [1.82, 2.24) is 9.88 Å². The van der Waals surface area contributed by atoms with Crippen LogP contribution in [0.25, 0.3) is 0 Å². The highest BCUT2D eigenvalue weighted by Crippen LogP contribution is 2.39. The molecule has 0 amide bonds. The van der Waals surface area contributed by atoms with Crippen LogP contribution < -0.4 is 4.74 Å². The lowest BCUT2D eigenvalue weighted by atomic mass is 9.86. The molecule has 0 aliphatic rings. The predicted octanol–water partition coefficient (Wildman–Crippen LogP) is 5.51. The summed E-state index contributed by atoms with van der Waals surface area (Å²) >= 11 is 0. The molecule has 0 unspecified atom stereocenters. The molecule has 4 rings (SSSR count). The summed E-state index contributed by atoms with van der Waals surface area (Å²) in [6.45, 7) is 2.21. The van der Waals surface area contributed by atoms with E-state index in [4.69, 9.17) is 13.9 Å². The van der Waals surface area contributed by atoms with Crippen molar-refractivity contribution in [2.75, 3.05) is 27.3 Å². The van der Waals surface area contributed by atoms with E-state index in [-0.39, 0.29) is 0 Å². The predicted molar refractivity (Wildman–Crippen MR) is 129 cm³/mol. The van der Waals surface area contributed by atoms with Gasteiger partial charge in [-0.1, -0.05) is 78.9 Å². The molecule has 0 saturated carbocycles. The maximum atomic E-state index is 6.29. The summed E-state index contributed by atoms with van der Waals surface area (Å²) in [5.41, 5.74) is 1.03. The van der Waals surface area contributed by atoms with Crippen molar-refractivity contribution in [2.45, 2.75) is 18.6 Å². The highest BCUT2D eigenvalue weighted by atomic mass is 16.5. The van der Waals surface area contributed by atoms with Crippen molar-refractivity contribution in [3.63, 3.8) is 0 Å². The third-order valence-corrected chi connectivity index (χ3v) is 5.64. The van der Waals surface area contributed by atoms with Crippen LogP contribution in [0.1, 0.15) is 29.2 Å². The molecule has 0 spiro atoms. The van der Waals surface area contributed by atoms with Gasteiger partial charge >= 0.3 is 0 Å². The standard InChI is InChI=1S/C28H30N2O3/c1-30(19-12-20-32-25-17-10-5-11-18-25)22-26-21-29-27(33-26)28(31-2,23-13-6-3-7-14-23)24-15-8-4-9-16-24/h3-11,13-18,21H,12,19-20,22H2,1-2H3. The number of rotatable bonds is 11. The van der Waals surface area contributed by atoms with Gasteiger partial charge in [0.25, 0.3) is 0 Å². The smallest absolute Gasteiger partial charge is 0.236 e. The van der Waals surface area contributed by atoms with E-state index in [1.807, 2.05) is 91.0 Å². The Balaban J connectivity index is 1.46. The van der Waals surface area contributed by atoms with Crippen LogP contribution in [0.5, 0.6) is 5.75 Å². The van der Waals surface area contributed by atoms with Gasteiger partial charge in [-0.2, -0.15) is 0 Å². The summed E-state index contributed by atoms with van der Waals surface area (Å²) in [5.74, 6) is 2.22. The van der Waals surface area contributed by atoms with Gasteiger partial charge in [0.1, 0.15) is 11.5 Å². The molecule has 5 heteroatoms. The molecular formula is C28H30N2O3. The topological polar surface area (TPSA) is 47.7 Å². The Morgan fingerprint density at radius 1 is 0.848 bits per heavy atom. The number of benzene rings is 3. The maximum absolute atomic E-state index is 6.29. The van der Waals surface area contributed by atoms with Gasteiger partial charge in [0.15, 0.2) is 5.60 Å². The molecule has 0 aliphatic carbocycles. The van der Waals surface area contributed by atoms with Crippen molar-refractivity contribution in [2.24, 2.45) is 0 Å². The van der Waals surface area contributed by atoms with Crippen LogP contribution in [-0.2, 0) is 16.9 Å². The Labute approximate surface area is 195 Å². The van der Waals surface area contributed by atoms with E-state index < -0.39 is 5.60 Å². The first kappa shape index (κ1) is 22.8. The number of hydrogen-bond acceptors (Lipinski definition) is 5. The molecule has 0 atom stereocenters. The summed E-state index contributed by atoms with van der Waals surface area (Å²) < 4.78 is 18.2. The average molecular weight is 443 g/mol. The van der Waals surface area contributed by atoms with Crippen LogP contribution in [0.15, 0.2) is 102 Å². The lowest BCUT2D eigenvalue weighted by molar-refractivity contribution is 0.0333. The van der Waals surface area contributed by atoms with Crippen LogP contribution in [0.2, 0.25) is 0 Å². The van der Waals surface area contributed by atoms with Crippen LogP contribution in [0, 0.1) is 0 Å². The molecule has 0 N–H and O–H groups in total. The van der Waals surface area contributed by atoms with Gasteiger partial charge in [-0.3, -0.25) is 4.90 Å². The Hall–Kier alpha value is -3.41. The number of ether oxygens (including phenoxy) is 2. The van der Waals surface area contributed by atoms with E-state index in [1.54, 1.807) is 13.3 Å². The Morgan fingerprint density at radius 3 is 2.00 bits per heavy atom. The van der Waals surface area contributed by atoms with E-state index in [9.17, 15) is 0 Å². The molecule has 4 aromatic rings. The van der Waals surface area contributed by atoms with Crippen LogP contribution >= 0.6 is 0 Å². The summed E-state index contributed by atoms with van der Waals surface area (Å²) in [4.78, 5) is 6.86. The summed E-state index contributed by atoms with van der Waals surface area (Å²) in [6, 6.07) is 30.0. The van der Waals surface area contributed by atoms with E-state index in [0.717, 1.165) is 35.6 Å². The highest BCUT2D eigenvalue weighted by molar-refractivity contribution is 5.42. The molecule has 5 nitrogen and oxygen atoms in total. The van der Waals surface area contributed by atoms with E-state index in [1.165, 1.54) is 0 Å². The fourth-order valence-corrected chi connectivity index (χ4v) is 4.01. The van der Waals surface area contributed by atoms with E-state index in [2.05, 4.69) is 16.9 Å². The molecule has 170 valence electrons. The molecule has 33 heavy (non-hydrogen) atoms. The Kier molecular flexibility index (Phi) is 7.55. The number of nitrogens with zero attached hydrogens (tertiary/aromatic N) is 2. The van der Waals surface area contributed by atoms with Crippen LogP contribution in [0.4, 0.5) is 0 Å². The largest absolute Gasteiger partial charge is 0.494 e. The number of aromatic nitrogens is 1. The maximum Gasteiger partial charge on any atom is 0.236 e. The fraction of sp³-hybridized carbons (Fsp3) is 0.250. The van der Waals surface area contributed by atoms with Crippen LogP contribution in [-0.4, -0.2) is 37.2 Å². The number of oxazole rings is 1. The lowest BCUT2D eigenvalue weighted by Crippen LogP contribution is -2.32. The van der Waals surface area contributed by atoms with Gasteiger partial charge in [-0.25, -0.2) is 4.98 Å². The first-order valence-electron chi connectivity index (χ1n) is 11.2. The van der Waals surface area contributed by atoms with E-state index in [0.29, 0.717) is 19.0 Å².